The van der Waals surface area contributed by atoms with Crippen LogP contribution in [0.3, 0.4) is 0 Å². The van der Waals surface area contributed by atoms with E-state index in [-0.39, 0.29) is 0 Å². The van der Waals surface area contributed by atoms with Gasteiger partial charge in [0.1, 0.15) is 6.33 Å². The molecule has 0 spiro atoms. The van der Waals surface area contributed by atoms with Crippen LogP contribution < -0.4 is 0 Å². The van der Waals surface area contributed by atoms with Crippen molar-refractivity contribution in [1.29, 1.82) is 0 Å². The monoisotopic (exact) mass is 272 g/mol. The molecule has 2 aliphatic heterocycles. The molecule has 0 aromatic carbocycles. The van der Waals surface area contributed by atoms with Crippen LogP contribution in [-0.2, 0) is 5.60 Å². The van der Waals surface area contributed by atoms with Crippen molar-refractivity contribution < 1.29 is 5.11 Å². The Bertz CT molecular complexity index is 624. The molecule has 0 radical (unpaired) electrons. The molecule has 2 aromatic heterocycles. The van der Waals surface area contributed by atoms with E-state index in [9.17, 15) is 5.11 Å². The van der Waals surface area contributed by atoms with Crippen molar-refractivity contribution in [3.63, 3.8) is 0 Å². The summed E-state index contributed by atoms with van der Waals surface area (Å²) < 4.78 is 1.89. The second kappa shape index (κ2) is 4.27. The minimum absolute atomic E-state index is 0.504. The van der Waals surface area contributed by atoms with E-state index in [4.69, 9.17) is 0 Å². The van der Waals surface area contributed by atoms with Gasteiger partial charge >= 0.3 is 0 Å². The highest BCUT2D eigenvalue weighted by Crippen LogP contribution is 2.43. The first-order valence-electron chi connectivity index (χ1n) is 7.40. The number of rotatable bonds is 1. The van der Waals surface area contributed by atoms with Gasteiger partial charge in [-0.3, -0.25) is 4.40 Å². The molecule has 5 nitrogen and oxygen atoms in total. The number of hydrogen-bond donors (Lipinski definition) is 1. The Morgan fingerprint density at radius 2 is 2.00 bits per heavy atom. The van der Waals surface area contributed by atoms with Crippen molar-refractivity contribution in [2.45, 2.75) is 49.8 Å². The van der Waals surface area contributed by atoms with Gasteiger partial charge in [-0.2, -0.15) is 0 Å². The fraction of sp³-hybridized carbons (Fsp3) is 0.600. The molecule has 2 unspecified atom stereocenters. The maximum Gasteiger partial charge on any atom is 0.160 e. The summed E-state index contributed by atoms with van der Waals surface area (Å²) in [5.74, 6) is 0. The van der Waals surface area contributed by atoms with Crippen LogP contribution in [0.15, 0.2) is 24.7 Å². The molecule has 2 aromatic rings. The van der Waals surface area contributed by atoms with Gasteiger partial charge in [-0.25, -0.2) is 0 Å². The minimum atomic E-state index is -0.708. The lowest BCUT2D eigenvalue weighted by molar-refractivity contribution is -0.0876. The highest BCUT2D eigenvalue weighted by atomic mass is 16.3. The van der Waals surface area contributed by atoms with Crippen LogP contribution in [0.5, 0.6) is 0 Å². The Hall–Kier alpha value is -1.46. The Balaban J connectivity index is 1.72. The SMILES string of the molecule is CN1C2CCCC1CC(O)(c1ccc3nncn3c1)C2. The first-order chi connectivity index (χ1) is 9.66. The third-order valence-electron chi connectivity index (χ3n) is 5.20. The highest BCUT2D eigenvalue weighted by molar-refractivity contribution is 5.39. The van der Waals surface area contributed by atoms with Crippen molar-refractivity contribution >= 4 is 5.65 Å². The van der Waals surface area contributed by atoms with Crippen LogP contribution in [-0.4, -0.2) is 43.7 Å². The van der Waals surface area contributed by atoms with E-state index in [2.05, 4.69) is 22.1 Å². The standard InChI is InChI=1S/C15H20N4O/c1-18-12-3-2-4-13(18)8-15(20,7-12)11-5-6-14-17-16-10-19(14)9-11/h5-6,9-10,12-13,20H,2-4,7-8H2,1H3. The first-order valence-corrected chi connectivity index (χ1v) is 7.40. The molecule has 2 fully saturated rings. The lowest BCUT2D eigenvalue weighted by Crippen LogP contribution is -2.55. The summed E-state index contributed by atoms with van der Waals surface area (Å²) in [4.78, 5) is 2.47. The molecule has 4 heterocycles. The molecule has 0 aliphatic carbocycles. The van der Waals surface area contributed by atoms with Crippen LogP contribution in [0.4, 0.5) is 0 Å². The van der Waals surface area contributed by atoms with E-state index in [1.165, 1.54) is 19.3 Å². The molecule has 4 rings (SSSR count). The maximum atomic E-state index is 11.2. The van der Waals surface area contributed by atoms with Crippen molar-refractivity contribution in [1.82, 2.24) is 19.5 Å². The molecule has 2 aliphatic rings. The smallest absolute Gasteiger partial charge is 0.160 e. The van der Waals surface area contributed by atoms with Crippen molar-refractivity contribution in [3.05, 3.63) is 30.2 Å². The molecule has 1 N–H and O–H groups in total. The van der Waals surface area contributed by atoms with Gasteiger partial charge in [-0.05, 0) is 38.8 Å². The summed E-state index contributed by atoms with van der Waals surface area (Å²) in [7, 11) is 2.21. The van der Waals surface area contributed by atoms with Gasteiger partial charge in [0.15, 0.2) is 5.65 Å². The largest absolute Gasteiger partial charge is 0.385 e. The van der Waals surface area contributed by atoms with E-state index in [0.717, 1.165) is 24.1 Å². The number of pyridine rings is 1. The van der Waals surface area contributed by atoms with Gasteiger partial charge in [-0.15, -0.1) is 10.2 Å². The average Bonchev–Trinajstić information content (AvgIpc) is 2.88. The normalized spacial score (nSPS) is 34.5. The second-order valence-electron chi connectivity index (χ2n) is 6.36. The molecule has 0 amide bonds. The van der Waals surface area contributed by atoms with E-state index in [1.807, 2.05) is 22.7 Å². The second-order valence-corrected chi connectivity index (χ2v) is 6.36. The van der Waals surface area contributed by atoms with Gasteiger partial charge < -0.3 is 10.0 Å². The van der Waals surface area contributed by atoms with E-state index in [0.29, 0.717) is 12.1 Å². The first kappa shape index (κ1) is 12.3. The topological polar surface area (TPSA) is 53.7 Å². The molecule has 0 saturated carbocycles. The van der Waals surface area contributed by atoms with Crippen LogP contribution in [0.1, 0.15) is 37.7 Å². The number of aliphatic hydroxyl groups is 1. The van der Waals surface area contributed by atoms with Gasteiger partial charge in [0.25, 0.3) is 0 Å². The summed E-state index contributed by atoms with van der Waals surface area (Å²) in [5.41, 5.74) is 1.11. The maximum absolute atomic E-state index is 11.2. The van der Waals surface area contributed by atoms with E-state index >= 15 is 0 Å². The lowest BCUT2D eigenvalue weighted by Gasteiger charge is -2.50. The number of hydrogen-bond acceptors (Lipinski definition) is 4. The summed E-state index contributed by atoms with van der Waals surface area (Å²) in [5, 5.41) is 19.1. The van der Waals surface area contributed by atoms with Gasteiger partial charge in [0, 0.05) is 23.8 Å². The number of aromatic nitrogens is 3. The Morgan fingerprint density at radius 3 is 2.75 bits per heavy atom. The molecule has 2 saturated heterocycles. The van der Waals surface area contributed by atoms with Crippen molar-refractivity contribution in [2.75, 3.05) is 7.05 Å². The zero-order chi connectivity index (χ0) is 13.7. The Labute approximate surface area is 118 Å². The predicted molar refractivity (Wildman–Crippen MR) is 75.3 cm³/mol. The van der Waals surface area contributed by atoms with Crippen LogP contribution in [0.25, 0.3) is 5.65 Å². The summed E-state index contributed by atoms with van der Waals surface area (Å²) in [6, 6.07) is 4.95. The van der Waals surface area contributed by atoms with Crippen molar-refractivity contribution in [3.8, 4) is 0 Å². The molecule has 2 atom stereocenters. The zero-order valence-corrected chi connectivity index (χ0v) is 11.7. The van der Waals surface area contributed by atoms with Crippen LogP contribution in [0, 0.1) is 0 Å². The minimum Gasteiger partial charge on any atom is -0.385 e. The highest BCUT2D eigenvalue weighted by Gasteiger charge is 2.44. The lowest BCUT2D eigenvalue weighted by atomic mass is 9.73. The summed E-state index contributed by atoms with van der Waals surface area (Å²) in [6.45, 7) is 0. The van der Waals surface area contributed by atoms with E-state index < -0.39 is 5.60 Å². The molecule has 106 valence electrons. The fourth-order valence-electron chi connectivity index (χ4n) is 3.99. The van der Waals surface area contributed by atoms with Gasteiger partial charge in [0.2, 0.25) is 0 Å². The summed E-state index contributed by atoms with van der Waals surface area (Å²) in [6.07, 6.45) is 9.02. The molecule has 2 bridgehead atoms. The van der Waals surface area contributed by atoms with Crippen molar-refractivity contribution in [2.24, 2.45) is 0 Å². The number of piperidine rings is 2. The van der Waals surface area contributed by atoms with E-state index in [1.54, 1.807) is 6.33 Å². The van der Waals surface area contributed by atoms with Crippen LogP contribution >= 0.6 is 0 Å². The Kier molecular flexibility index (Phi) is 2.62. The number of nitrogens with zero attached hydrogens (tertiary/aromatic N) is 4. The number of fused-ring (bicyclic) bond motifs is 3. The Morgan fingerprint density at radius 1 is 1.25 bits per heavy atom. The van der Waals surface area contributed by atoms with Gasteiger partial charge in [-0.1, -0.05) is 12.5 Å². The van der Waals surface area contributed by atoms with Gasteiger partial charge in [0.05, 0.1) is 5.60 Å². The molecule has 5 heteroatoms. The fourth-order valence-corrected chi connectivity index (χ4v) is 3.99. The molecule has 20 heavy (non-hydrogen) atoms. The molecular weight excluding hydrogens is 252 g/mol. The third-order valence-corrected chi connectivity index (χ3v) is 5.20. The summed E-state index contributed by atoms with van der Waals surface area (Å²) >= 11 is 0. The zero-order valence-electron chi connectivity index (χ0n) is 11.7. The quantitative estimate of drug-likeness (QED) is 0.856. The third kappa shape index (κ3) is 1.77. The van der Waals surface area contributed by atoms with Crippen LogP contribution in [0.2, 0.25) is 0 Å². The average molecular weight is 272 g/mol. The molecular formula is C15H20N4O. The predicted octanol–water partition coefficient (Wildman–Crippen LogP) is 1.56.